The maximum Gasteiger partial charge on any atom is 0.238 e. The smallest absolute Gasteiger partial charge is 0.238 e. The molecule has 3 N–H and O–H groups in total. The number of hydrogen-bond donors (Lipinski definition) is 2. The Morgan fingerprint density at radius 1 is 1.25 bits per heavy atom. The van der Waals surface area contributed by atoms with Crippen molar-refractivity contribution in [3.05, 3.63) is 29.8 Å². The van der Waals surface area contributed by atoms with Crippen LogP contribution in [-0.4, -0.2) is 30.7 Å². The van der Waals surface area contributed by atoms with Crippen molar-refractivity contribution in [1.29, 1.82) is 0 Å². The van der Waals surface area contributed by atoms with E-state index in [0.29, 0.717) is 5.75 Å². The quantitative estimate of drug-likeness (QED) is 0.789. The summed E-state index contributed by atoms with van der Waals surface area (Å²) in [5.74, 6) is 0.672. The van der Waals surface area contributed by atoms with E-state index >= 15 is 0 Å². The molecule has 0 radical (unpaired) electrons. The van der Waals surface area contributed by atoms with Gasteiger partial charge in [-0.05, 0) is 38.0 Å². The molecular weight excluding hydrogens is 296 g/mol. The Morgan fingerprint density at radius 3 is 2.25 bits per heavy atom. The van der Waals surface area contributed by atoms with Gasteiger partial charge in [0, 0.05) is 34.9 Å². The Bertz CT molecular complexity index is 555. The fourth-order valence-corrected chi connectivity index (χ4v) is 3.10. The number of hydrogen-bond acceptors (Lipinski definition) is 4. The summed E-state index contributed by atoms with van der Waals surface area (Å²) in [4.78, 5) is 0.114. The van der Waals surface area contributed by atoms with Crippen LogP contribution in [0, 0.1) is 0 Å². The topological polar surface area (TPSA) is 89.3 Å². The lowest BCUT2D eigenvalue weighted by molar-refractivity contribution is 0.470. The number of rotatable bonds is 7. The molecule has 0 spiro atoms. The molecule has 114 valence electrons. The fourth-order valence-electron chi connectivity index (χ4n) is 1.90. The number of sulfonamides is 1. The Kier molecular flexibility index (Phi) is 6.32. The van der Waals surface area contributed by atoms with Gasteiger partial charge in [-0.3, -0.25) is 4.21 Å². The molecule has 0 heterocycles. The standard InChI is InChI=1S/C13H22N2O3S2/c1-10(8-9-19(3)16)15-11(2)12-4-6-13(7-5-12)20(14,17)18/h4-7,10-11,15H,8-9H2,1-3H3,(H2,14,17,18). The first-order valence-corrected chi connectivity index (χ1v) is 9.66. The minimum atomic E-state index is -3.64. The van der Waals surface area contributed by atoms with Gasteiger partial charge in [0.1, 0.15) is 0 Å². The zero-order valence-electron chi connectivity index (χ0n) is 12.0. The summed E-state index contributed by atoms with van der Waals surface area (Å²) < 4.78 is 33.4. The van der Waals surface area contributed by atoms with Gasteiger partial charge in [0.05, 0.1) is 4.90 Å². The van der Waals surface area contributed by atoms with Crippen molar-refractivity contribution in [2.24, 2.45) is 5.14 Å². The van der Waals surface area contributed by atoms with Crippen LogP contribution in [-0.2, 0) is 20.8 Å². The summed E-state index contributed by atoms with van der Waals surface area (Å²) in [7, 11) is -4.42. The van der Waals surface area contributed by atoms with Crippen LogP contribution in [0.4, 0.5) is 0 Å². The maximum absolute atomic E-state index is 11.2. The van der Waals surface area contributed by atoms with Gasteiger partial charge in [-0.15, -0.1) is 0 Å². The minimum absolute atomic E-state index is 0.0878. The first kappa shape index (κ1) is 17.3. The predicted molar refractivity (Wildman–Crippen MR) is 82.4 cm³/mol. The summed E-state index contributed by atoms with van der Waals surface area (Å²) in [5.41, 5.74) is 0.988. The highest BCUT2D eigenvalue weighted by atomic mass is 32.2. The van der Waals surface area contributed by atoms with Gasteiger partial charge >= 0.3 is 0 Å². The van der Waals surface area contributed by atoms with Crippen molar-refractivity contribution in [2.75, 3.05) is 12.0 Å². The molecule has 0 amide bonds. The first-order valence-electron chi connectivity index (χ1n) is 6.39. The largest absolute Gasteiger partial charge is 0.308 e. The average Bonchev–Trinajstić information content (AvgIpc) is 2.35. The second kappa shape index (κ2) is 7.31. The van der Waals surface area contributed by atoms with E-state index in [0.717, 1.165) is 12.0 Å². The lowest BCUT2D eigenvalue weighted by Crippen LogP contribution is -2.30. The van der Waals surface area contributed by atoms with Gasteiger partial charge in [-0.2, -0.15) is 0 Å². The van der Waals surface area contributed by atoms with Gasteiger partial charge < -0.3 is 5.32 Å². The zero-order chi connectivity index (χ0) is 15.3. The van der Waals surface area contributed by atoms with Crippen LogP contribution in [0.5, 0.6) is 0 Å². The van der Waals surface area contributed by atoms with Crippen molar-refractivity contribution in [3.8, 4) is 0 Å². The molecular formula is C13H22N2O3S2. The van der Waals surface area contributed by atoms with Crippen LogP contribution >= 0.6 is 0 Å². The van der Waals surface area contributed by atoms with Crippen LogP contribution in [0.3, 0.4) is 0 Å². The molecule has 0 aromatic heterocycles. The molecule has 3 atom stereocenters. The molecule has 0 aliphatic rings. The Morgan fingerprint density at radius 2 is 1.80 bits per heavy atom. The Labute approximate surface area is 123 Å². The minimum Gasteiger partial charge on any atom is -0.308 e. The molecule has 7 heteroatoms. The first-order chi connectivity index (χ1) is 9.20. The molecule has 0 bridgehead atoms. The summed E-state index contributed by atoms with van der Waals surface area (Å²) >= 11 is 0. The Hall–Kier alpha value is -0.760. The highest BCUT2D eigenvalue weighted by Gasteiger charge is 2.12. The van der Waals surface area contributed by atoms with E-state index in [2.05, 4.69) is 5.32 Å². The fraction of sp³-hybridized carbons (Fsp3) is 0.538. The normalized spacial score (nSPS) is 16.6. The second-order valence-corrected chi connectivity index (χ2v) is 8.09. The van der Waals surface area contributed by atoms with Crippen LogP contribution in [0.25, 0.3) is 0 Å². The van der Waals surface area contributed by atoms with E-state index < -0.39 is 20.8 Å². The summed E-state index contributed by atoms with van der Waals surface area (Å²) in [5, 5.41) is 8.45. The van der Waals surface area contributed by atoms with Crippen molar-refractivity contribution < 1.29 is 12.6 Å². The highest BCUT2D eigenvalue weighted by Crippen LogP contribution is 2.16. The average molecular weight is 318 g/mol. The van der Waals surface area contributed by atoms with Crippen molar-refractivity contribution in [2.45, 2.75) is 37.2 Å². The Balaban J connectivity index is 2.64. The van der Waals surface area contributed by atoms with E-state index in [1.807, 2.05) is 13.8 Å². The lowest BCUT2D eigenvalue weighted by atomic mass is 10.1. The lowest BCUT2D eigenvalue weighted by Gasteiger charge is -2.20. The van der Waals surface area contributed by atoms with Crippen LogP contribution in [0.1, 0.15) is 31.9 Å². The van der Waals surface area contributed by atoms with Gasteiger partial charge in [-0.25, -0.2) is 13.6 Å². The molecule has 20 heavy (non-hydrogen) atoms. The molecule has 1 rings (SSSR count). The summed E-state index contributed by atoms with van der Waals surface area (Å²) in [6.07, 6.45) is 2.53. The summed E-state index contributed by atoms with van der Waals surface area (Å²) in [6.45, 7) is 4.05. The van der Waals surface area contributed by atoms with Gasteiger partial charge in [-0.1, -0.05) is 12.1 Å². The molecule has 3 unspecified atom stereocenters. The third-order valence-corrected chi connectivity index (χ3v) is 4.82. The highest BCUT2D eigenvalue weighted by molar-refractivity contribution is 7.89. The van der Waals surface area contributed by atoms with E-state index in [-0.39, 0.29) is 17.0 Å². The van der Waals surface area contributed by atoms with E-state index in [9.17, 15) is 12.6 Å². The monoisotopic (exact) mass is 318 g/mol. The number of benzene rings is 1. The second-order valence-electron chi connectivity index (χ2n) is 4.97. The SMILES string of the molecule is CC(CCS(C)=O)NC(C)c1ccc(S(N)(=O)=O)cc1. The van der Waals surface area contributed by atoms with Crippen molar-refractivity contribution in [1.82, 2.24) is 5.32 Å². The number of primary sulfonamides is 1. The van der Waals surface area contributed by atoms with Crippen LogP contribution in [0.15, 0.2) is 29.2 Å². The maximum atomic E-state index is 11.2. The molecule has 1 aromatic carbocycles. The third-order valence-electron chi connectivity index (χ3n) is 3.08. The third kappa shape index (κ3) is 5.70. The zero-order valence-corrected chi connectivity index (χ0v) is 13.6. The van der Waals surface area contributed by atoms with Gasteiger partial charge in [0.15, 0.2) is 0 Å². The molecule has 0 aliphatic heterocycles. The molecule has 0 saturated heterocycles. The van der Waals surface area contributed by atoms with Crippen LogP contribution < -0.4 is 10.5 Å². The molecule has 1 aromatic rings. The van der Waals surface area contributed by atoms with Crippen LogP contribution in [0.2, 0.25) is 0 Å². The number of nitrogens with two attached hydrogens (primary N) is 1. The van der Waals surface area contributed by atoms with E-state index in [1.54, 1.807) is 18.4 Å². The summed E-state index contributed by atoms with van der Waals surface area (Å²) in [6, 6.07) is 6.85. The van der Waals surface area contributed by atoms with Gasteiger partial charge in [0.25, 0.3) is 0 Å². The predicted octanol–water partition coefficient (Wildman–Crippen LogP) is 1.14. The molecule has 0 saturated carbocycles. The van der Waals surface area contributed by atoms with E-state index in [4.69, 9.17) is 5.14 Å². The van der Waals surface area contributed by atoms with Crippen molar-refractivity contribution in [3.63, 3.8) is 0 Å². The molecule has 0 fully saturated rings. The number of nitrogens with one attached hydrogen (secondary N) is 1. The van der Waals surface area contributed by atoms with Gasteiger partial charge in [0.2, 0.25) is 10.0 Å². The van der Waals surface area contributed by atoms with Crippen molar-refractivity contribution >= 4 is 20.8 Å². The van der Waals surface area contributed by atoms with E-state index in [1.165, 1.54) is 12.1 Å². The molecule has 0 aliphatic carbocycles. The molecule has 5 nitrogen and oxygen atoms in total.